The highest BCUT2D eigenvalue weighted by atomic mass is 16.1. The Morgan fingerprint density at radius 3 is 2.71 bits per heavy atom. The van der Waals surface area contributed by atoms with Crippen LogP contribution < -0.4 is 0 Å². The summed E-state index contributed by atoms with van der Waals surface area (Å²) in [6.07, 6.45) is 12.1. The minimum atomic E-state index is -0.0163. The smallest absolute Gasteiger partial charge is 0.147 e. The molecule has 2 aromatic rings. The number of hydrogen-bond donors (Lipinski definition) is 0. The van der Waals surface area contributed by atoms with Crippen LogP contribution in [0.15, 0.2) is 41.5 Å². The SMILES string of the molecule is C[C@H]1CC[C@@]2(C)C(=CCC3C2CC[C@]2(C)C(n4nnc5ccccc54)=C(C=O)CC32)C1. The second-order valence-electron chi connectivity index (χ2n) is 11.2. The molecule has 4 aliphatic carbocycles. The topological polar surface area (TPSA) is 47.8 Å². The third-order valence-electron chi connectivity index (χ3n) is 9.73. The maximum atomic E-state index is 12.3. The zero-order chi connectivity index (χ0) is 21.4. The normalized spacial score (nSPS) is 39.6. The van der Waals surface area contributed by atoms with Gasteiger partial charge < -0.3 is 0 Å². The molecule has 2 saturated carbocycles. The van der Waals surface area contributed by atoms with Crippen molar-refractivity contribution in [1.29, 1.82) is 0 Å². The van der Waals surface area contributed by atoms with Crippen LogP contribution in [0, 0.1) is 34.5 Å². The third kappa shape index (κ3) is 2.57. The predicted octanol–water partition coefficient (Wildman–Crippen LogP) is 6.05. The number of nitrogens with zero attached hydrogens (tertiary/aromatic N) is 3. The summed E-state index contributed by atoms with van der Waals surface area (Å²) in [5.74, 6) is 2.74. The molecule has 0 aliphatic heterocycles. The lowest BCUT2D eigenvalue weighted by Crippen LogP contribution is -2.49. The molecule has 1 aromatic carbocycles. The van der Waals surface area contributed by atoms with E-state index in [4.69, 9.17) is 0 Å². The molecule has 1 heterocycles. The highest BCUT2D eigenvalue weighted by Gasteiger charge is 2.58. The van der Waals surface area contributed by atoms with Crippen molar-refractivity contribution in [2.45, 2.75) is 65.7 Å². The lowest BCUT2D eigenvalue weighted by molar-refractivity contribution is -0.105. The molecule has 0 spiro atoms. The van der Waals surface area contributed by atoms with Gasteiger partial charge in [-0.05, 0) is 86.2 Å². The van der Waals surface area contributed by atoms with E-state index in [-0.39, 0.29) is 5.41 Å². The Kier molecular flexibility index (Phi) is 4.16. The van der Waals surface area contributed by atoms with Gasteiger partial charge in [0.1, 0.15) is 11.8 Å². The fourth-order valence-corrected chi connectivity index (χ4v) is 8.05. The first kappa shape index (κ1) is 19.5. The molecule has 0 radical (unpaired) electrons. The van der Waals surface area contributed by atoms with E-state index in [9.17, 15) is 4.79 Å². The predicted molar refractivity (Wildman–Crippen MR) is 123 cm³/mol. The molecule has 4 aliphatic rings. The van der Waals surface area contributed by atoms with Crippen LogP contribution in [0.3, 0.4) is 0 Å². The van der Waals surface area contributed by atoms with E-state index in [0.29, 0.717) is 17.3 Å². The molecule has 3 unspecified atom stereocenters. The number of rotatable bonds is 2. The van der Waals surface area contributed by atoms with Crippen LogP contribution in [-0.2, 0) is 4.79 Å². The molecule has 6 atom stereocenters. The Hall–Kier alpha value is -2.23. The van der Waals surface area contributed by atoms with Crippen LogP contribution in [0.5, 0.6) is 0 Å². The van der Waals surface area contributed by atoms with E-state index in [1.54, 1.807) is 5.57 Å². The summed E-state index contributed by atoms with van der Waals surface area (Å²) in [6, 6.07) is 8.11. The Bertz CT molecular complexity index is 1130. The van der Waals surface area contributed by atoms with Gasteiger partial charge in [0.2, 0.25) is 0 Å². The van der Waals surface area contributed by atoms with E-state index in [2.05, 4.69) is 43.2 Å². The quantitative estimate of drug-likeness (QED) is 0.443. The van der Waals surface area contributed by atoms with Crippen molar-refractivity contribution in [3.05, 3.63) is 41.5 Å². The number of carbonyl (C=O) groups is 1. The Labute approximate surface area is 184 Å². The molecule has 0 N–H and O–H groups in total. The van der Waals surface area contributed by atoms with E-state index < -0.39 is 0 Å². The molecule has 6 rings (SSSR count). The van der Waals surface area contributed by atoms with Crippen molar-refractivity contribution in [3.63, 3.8) is 0 Å². The van der Waals surface area contributed by atoms with Crippen molar-refractivity contribution in [2.24, 2.45) is 34.5 Å². The van der Waals surface area contributed by atoms with Crippen molar-refractivity contribution in [1.82, 2.24) is 15.0 Å². The van der Waals surface area contributed by atoms with Crippen molar-refractivity contribution in [3.8, 4) is 0 Å². The number of carbonyl (C=O) groups excluding carboxylic acids is 1. The standard InChI is InChI=1S/C27H33N3O/c1-17-10-12-26(2)19(14-17)8-9-20-21(26)11-13-27(3)22(20)15-18(16-31)25(27)30-24-7-5-4-6-23(24)28-29-30/h4-8,16-17,20-22H,9-15H2,1-3H3/t17-,20?,21?,22?,26-,27-/m0/s1. The van der Waals surface area contributed by atoms with E-state index >= 15 is 0 Å². The van der Waals surface area contributed by atoms with Crippen molar-refractivity contribution >= 4 is 23.0 Å². The number of hydrogen-bond acceptors (Lipinski definition) is 3. The largest absolute Gasteiger partial charge is 0.298 e. The summed E-state index contributed by atoms with van der Waals surface area (Å²) < 4.78 is 1.99. The van der Waals surface area contributed by atoms with Crippen LogP contribution in [0.2, 0.25) is 0 Å². The summed E-state index contributed by atoms with van der Waals surface area (Å²) in [7, 11) is 0. The molecule has 0 saturated heterocycles. The van der Waals surface area contributed by atoms with Gasteiger partial charge in [0.05, 0.1) is 11.2 Å². The van der Waals surface area contributed by atoms with E-state index in [1.165, 1.54) is 32.1 Å². The number of fused-ring (bicyclic) bond motifs is 6. The molecule has 4 heteroatoms. The zero-order valence-corrected chi connectivity index (χ0v) is 19.0. The van der Waals surface area contributed by atoms with Crippen LogP contribution in [0.4, 0.5) is 0 Å². The summed E-state index contributed by atoms with van der Waals surface area (Å²) >= 11 is 0. The summed E-state index contributed by atoms with van der Waals surface area (Å²) in [6.45, 7) is 7.37. The average Bonchev–Trinajstić information content (AvgIpc) is 3.31. The number of allylic oxidation sites excluding steroid dienone is 4. The Balaban J connectivity index is 1.42. The summed E-state index contributed by atoms with van der Waals surface area (Å²) in [5.41, 5.74) is 6.06. The molecule has 31 heavy (non-hydrogen) atoms. The van der Waals surface area contributed by atoms with Gasteiger partial charge in [0, 0.05) is 11.0 Å². The highest BCUT2D eigenvalue weighted by molar-refractivity contribution is 5.89. The zero-order valence-electron chi connectivity index (χ0n) is 19.0. The van der Waals surface area contributed by atoms with Gasteiger partial charge >= 0.3 is 0 Å². The molecule has 2 fully saturated rings. The lowest BCUT2D eigenvalue weighted by Gasteiger charge is -2.57. The first-order valence-electron chi connectivity index (χ1n) is 12.1. The lowest BCUT2D eigenvalue weighted by atomic mass is 9.47. The van der Waals surface area contributed by atoms with Gasteiger partial charge in [0.25, 0.3) is 0 Å². The van der Waals surface area contributed by atoms with Crippen LogP contribution in [-0.4, -0.2) is 21.3 Å². The first-order chi connectivity index (χ1) is 15.0. The van der Waals surface area contributed by atoms with Gasteiger partial charge in [-0.3, -0.25) is 4.79 Å². The maximum Gasteiger partial charge on any atom is 0.147 e. The van der Waals surface area contributed by atoms with Gasteiger partial charge in [-0.2, -0.15) is 0 Å². The number of para-hydroxylation sites is 1. The van der Waals surface area contributed by atoms with Gasteiger partial charge in [-0.25, -0.2) is 4.68 Å². The first-order valence-corrected chi connectivity index (χ1v) is 12.1. The van der Waals surface area contributed by atoms with Crippen molar-refractivity contribution < 1.29 is 4.79 Å². The van der Waals surface area contributed by atoms with Crippen LogP contribution in [0.25, 0.3) is 16.7 Å². The van der Waals surface area contributed by atoms with Gasteiger partial charge in [-0.15, -0.1) is 5.10 Å². The van der Waals surface area contributed by atoms with Crippen LogP contribution >= 0.6 is 0 Å². The monoisotopic (exact) mass is 415 g/mol. The molecular weight excluding hydrogens is 382 g/mol. The minimum absolute atomic E-state index is 0.0163. The molecule has 1 aromatic heterocycles. The molecule has 4 nitrogen and oxygen atoms in total. The fourth-order valence-electron chi connectivity index (χ4n) is 8.05. The Morgan fingerprint density at radius 2 is 1.87 bits per heavy atom. The average molecular weight is 416 g/mol. The summed E-state index contributed by atoms with van der Waals surface area (Å²) in [4.78, 5) is 12.3. The second kappa shape index (κ2) is 6.63. The molecule has 0 amide bonds. The second-order valence-corrected chi connectivity index (χ2v) is 11.2. The highest BCUT2D eigenvalue weighted by Crippen LogP contribution is 2.66. The van der Waals surface area contributed by atoms with Crippen LogP contribution in [0.1, 0.15) is 65.7 Å². The maximum absolute atomic E-state index is 12.3. The fraction of sp³-hybridized carbons (Fsp3) is 0.593. The molecule has 162 valence electrons. The van der Waals surface area contributed by atoms with E-state index in [1.807, 2.05) is 22.9 Å². The number of aldehydes is 1. The molecule has 0 bridgehead atoms. The van der Waals surface area contributed by atoms with E-state index in [0.717, 1.165) is 53.3 Å². The summed E-state index contributed by atoms with van der Waals surface area (Å²) in [5, 5.41) is 8.95. The number of aromatic nitrogens is 3. The molecular formula is C27H33N3O. The Morgan fingerprint density at radius 1 is 1.06 bits per heavy atom. The van der Waals surface area contributed by atoms with Gasteiger partial charge in [0.15, 0.2) is 0 Å². The van der Waals surface area contributed by atoms with Gasteiger partial charge in [-0.1, -0.05) is 49.8 Å². The minimum Gasteiger partial charge on any atom is -0.298 e. The van der Waals surface area contributed by atoms with Crippen molar-refractivity contribution in [2.75, 3.05) is 0 Å². The third-order valence-corrected chi connectivity index (χ3v) is 9.73. The number of benzene rings is 1.